The zero-order chi connectivity index (χ0) is 13.8. The molecular formula is C14H21ClN2O2. The van der Waals surface area contributed by atoms with E-state index in [0.29, 0.717) is 23.4 Å². The summed E-state index contributed by atoms with van der Waals surface area (Å²) in [6.45, 7) is 2.15. The van der Waals surface area contributed by atoms with Gasteiger partial charge in [0.25, 0.3) is 0 Å². The normalized spacial score (nSPS) is 20.8. The summed E-state index contributed by atoms with van der Waals surface area (Å²) in [5.74, 6) is 0.688. The predicted octanol–water partition coefficient (Wildman–Crippen LogP) is 2.07. The first-order chi connectivity index (χ1) is 9.17. The van der Waals surface area contributed by atoms with E-state index in [0.717, 1.165) is 25.2 Å². The fraction of sp³-hybridized carbons (Fsp3) is 0.571. The number of ether oxygens (including phenoxy) is 2. The van der Waals surface area contributed by atoms with E-state index in [1.54, 1.807) is 7.11 Å². The second-order valence-electron chi connectivity index (χ2n) is 4.83. The molecule has 2 rings (SSSR count). The lowest BCUT2D eigenvalue weighted by molar-refractivity contribution is 0.134. The van der Waals surface area contributed by atoms with Gasteiger partial charge in [-0.1, -0.05) is 17.7 Å². The Morgan fingerprint density at radius 1 is 1.58 bits per heavy atom. The minimum absolute atomic E-state index is 0.148. The van der Waals surface area contributed by atoms with Crippen molar-refractivity contribution in [2.45, 2.75) is 18.5 Å². The summed E-state index contributed by atoms with van der Waals surface area (Å²) in [6.07, 6.45) is 1.05. The van der Waals surface area contributed by atoms with Crippen LogP contribution >= 0.6 is 11.6 Å². The molecule has 0 amide bonds. The molecule has 0 aromatic heterocycles. The summed E-state index contributed by atoms with van der Waals surface area (Å²) in [6, 6.07) is 6.42. The Labute approximate surface area is 119 Å². The van der Waals surface area contributed by atoms with E-state index >= 15 is 0 Å². The largest absolute Gasteiger partial charge is 0.495 e. The molecule has 2 atom stereocenters. The Morgan fingerprint density at radius 3 is 2.89 bits per heavy atom. The van der Waals surface area contributed by atoms with Gasteiger partial charge in [-0.15, -0.1) is 0 Å². The first-order valence-corrected chi connectivity index (χ1v) is 6.88. The van der Waals surface area contributed by atoms with E-state index in [1.807, 2.05) is 18.2 Å². The summed E-state index contributed by atoms with van der Waals surface area (Å²) in [4.78, 5) is 2.28. The van der Waals surface area contributed by atoms with E-state index in [9.17, 15) is 0 Å². The highest BCUT2D eigenvalue weighted by atomic mass is 35.5. The average Bonchev–Trinajstić information content (AvgIpc) is 2.93. The number of benzene rings is 1. The molecule has 0 bridgehead atoms. The molecule has 2 N–H and O–H groups in total. The molecule has 0 aliphatic carbocycles. The van der Waals surface area contributed by atoms with Crippen molar-refractivity contribution < 1.29 is 9.47 Å². The summed E-state index contributed by atoms with van der Waals surface area (Å²) in [5, 5.41) is 0.620. The van der Waals surface area contributed by atoms with Gasteiger partial charge in [-0.2, -0.15) is 0 Å². The Bertz CT molecular complexity index is 422. The maximum atomic E-state index is 6.19. The average molecular weight is 285 g/mol. The lowest BCUT2D eigenvalue weighted by atomic mass is 10.0. The smallest absolute Gasteiger partial charge is 0.137 e. The topological polar surface area (TPSA) is 47.7 Å². The van der Waals surface area contributed by atoms with Crippen LogP contribution in [0.1, 0.15) is 18.0 Å². The molecule has 2 unspecified atom stereocenters. The zero-order valence-electron chi connectivity index (χ0n) is 11.4. The Hall–Kier alpha value is -0.810. The number of hydrogen-bond acceptors (Lipinski definition) is 4. The van der Waals surface area contributed by atoms with E-state index in [-0.39, 0.29) is 6.04 Å². The van der Waals surface area contributed by atoms with Gasteiger partial charge in [0.2, 0.25) is 0 Å². The highest BCUT2D eigenvalue weighted by molar-refractivity contribution is 6.32. The fourth-order valence-corrected chi connectivity index (χ4v) is 2.79. The van der Waals surface area contributed by atoms with E-state index < -0.39 is 0 Å². The van der Waals surface area contributed by atoms with Crippen molar-refractivity contribution >= 4 is 11.6 Å². The maximum absolute atomic E-state index is 6.19. The summed E-state index contributed by atoms with van der Waals surface area (Å²) >= 11 is 6.19. The monoisotopic (exact) mass is 284 g/mol. The molecular weight excluding hydrogens is 264 g/mol. The van der Waals surface area contributed by atoms with Crippen molar-refractivity contribution in [1.82, 2.24) is 4.90 Å². The van der Waals surface area contributed by atoms with Crippen LogP contribution in [0, 0.1) is 0 Å². The first kappa shape index (κ1) is 14.6. The molecule has 5 heteroatoms. The van der Waals surface area contributed by atoms with Gasteiger partial charge in [-0.3, -0.25) is 4.90 Å². The van der Waals surface area contributed by atoms with Crippen LogP contribution in [0.25, 0.3) is 0 Å². The standard InChI is InChI=1S/C14H21ClN2O2/c1-17(11-5-6-19-9-11)13(8-16)10-3-4-14(18-2)12(15)7-10/h3-4,7,11,13H,5-6,8-9,16H2,1-2H3. The van der Waals surface area contributed by atoms with Crippen molar-refractivity contribution in [3.8, 4) is 5.75 Å². The summed E-state index contributed by atoms with van der Waals surface area (Å²) in [5.41, 5.74) is 7.05. The molecule has 1 aliphatic heterocycles. The lowest BCUT2D eigenvalue weighted by Gasteiger charge is -2.32. The second-order valence-corrected chi connectivity index (χ2v) is 5.24. The van der Waals surface area contributed by atoms with Crippen LogP contribution in [-0.2, 0) is 4.74 Å². The van der Waals surface area contributed by atoms with E-state index in [4.69, 9.17) is 26.8 Å². The molecule has 1 fully saturated rings. The van der Waals surface area contributed by atoms with Gasteiger partial charge in [0.15, 0.2) is 0 Å². The van der Waals surface area contributed by atoms with Crippen LogP contribution in [0.2, 0.25) is 5.02 Å². The molecule has 1 aliphatic rings. The Kier molecular flexibility index (Phi) is 5.05. The van der Waals surface area contributed by atoms with Crippen LogP contribution in [0.5, 0.6) is 5.75 Å². The fourth-order valence-electron chi connectivity index (χ4n) is 2.53. The van der Waals surface area contributed by atoms with Crippen molar-refractivity contribution in [3.05, 3.63) is 28.8 Å². The van der Waals surface area contributed by atoms with Crippen molar-refractivity contribution in [1.29, 1.82) is 0 Å². The van der Waals surface area contributed by atoms with Gasteiger partial charge in [-0.05, 0) is 31.2 Å². The Morgan fingerprint density at radius 2 is 2.37 bits per heavy atom. The molecule has 1 saturated heterocycles. The number of hydrogen-bond donors (Lipinski definition) is 1. The summed E-state index contributed by atoms with van der Waals surface area (Å²) in [7, 11) is 3.71. The van der Waals surface area contributed by atoms with Gasteiger partial charge in [-0.25, -0.2) is 0 Å². The molecule has 0 radical (unpaired) electrons. The first-order valence-electron chi connectivity index (χ1n) is 6.50. The molecule has 0 saturated carbocycles. The number of nitrogens with two attached hydrogens (primary N) is 1. The highest BCUT2D eigenvalue weighted by Gasteiger charge is 2.26. The van der Waals surface area contributed by atoms with Crippen LogP contribution in [0.4, 0.5) is 0 Å². The number of rotatable bonds is 5. The third-order valence-corrected chi connectivity index (χ3v) is 4.05. The molecule has 19 heavy (non-hydrogen) atoms. The van der Waals surface area contributed by atoms with Crippen LogP contribution < -0.4 is 10.5 Å². The minimum Gasteiger partial charge on any atom is -0.495 e. The Balaban J connectivity index is 2.18. The molecule has 1 heterocycles. The van der Waals surface area contributed by atoms with E-state index in [1.165, 1.54) is 0 Å². The predicted molar refractivity (Wildman–Crippen MR) is 76.8 cm³/mol. The van der Waals surface area contributed by atoms with Gasteiger partial charge in [0, 0.05) is 25.2 Å². The van der Waals surface area contributed by atoms with E-state index in [2.05, 4.69) is 11.9 Å². The SMILES string of the molecule is COc1ccc(C(CN)N(C)C2CCOC2)cc1Cl. The van der Waals surface area contributed by atoms with Gasteiger partial charge in [0.05, 0.1) is 18.7 Å². The minimum atomic E-state index is 0.148. The van der Waals surface area contributed by atoms with Gasteiger partial charge < -0.3 is 15.2 Å². The van der Waals surface area contributed by atoms with Crippen molar-refractivity contribution in [2.24, 2.45) is 5.73 Å². The van der Waals surface area contributed by atoms with Crippen molar-refractivity contribution in [3.63, 3.8) is 0 Å². The molecule has 106 valence electrons. The van der Waals surface area contributed by atoms with Gasteiger partial charge >= 0.3 is 0 Å². The van der Waals surface area contributed by atoms with Crippen LogP contribution in [0.15, 0.2) is 18.2 Å². The molecule has 4 nitrogen and oxygen atoms in total. The molecule has 1 aromatic carbocycles. The van der Waals surface area contributed by atoms with Crippen LogP contribution in [0.3, 0.4) is 0 Å². The van der Waals surface area contributed by atoms with Crippen LogP contribution in [-0.4, -0.2) is 44.9 Å². The van der Waals surface area contributed by atoms with Crippen molar-refractivity contribution in [2.75, 3.05) is 33.9 Å². The third-order valence-electron chi connectivity index (χ3n) is 3.76. The molecule has 1 aromatic rings. The number of methoxy groups -OCH3 is 1. The second kappa shape index (κ2) is 6.57. The number of likely N-dealkylation sites (N-methyl/N-ethyl adjacent to an activating group) is 1. The molecule has 0 spiro atoms. The zero-order valence-corrected chi connectivity index (χ0v) is 12.2. The quantitative estimate of drug-likeness (QED) is 0.899. The lowest BCUT2D eigenvalue weighted by Crippen LogP contribution is -2.38. The van der Waals surface area contributed by atoms with Gasteiger partial charge in [0.1, 0.15) is 5.75 Å². The third kappa shape index (κ3) is 3.20. The maximum Gasteiger partial charge on any atom is 0.137 e. The highest BCUT2D eigenvalue weighted by Crippen LogP contribution is 2.30. The summed E-state index contributed by atoms with van der Waals surface area (Å²) < 4.78 is 10.6. The number of nitrogens with zero attached hydrogens (tertiary/aromatic N) is 1. The number of halogens is 1.